The van der Waals surface area contributed by atoms with Crippen molar-refractivity contribution in [2.45, 2.75) is 232 Å². The van der Waals surface area contributed by atoms with E-state index in [1.165, 1.54) is 154 Å². The number of nitrogens with zero attached hydrogens (tertiary/aromatic N) is 2. The third-order valence-corrected chi connectivity index (χ3v) is 11.9. The maximum atomic E-state index is 13.1. The van der Waals surface area contributed by atoms with Crippen LogP contribution in [-0.4, -0.2) is 99.6 Å². The number of ether oxygens (including phenoxy) is 4. The summed E-state index contributed by atoms with van der Waals surface area (Å²) in [5.74, 6) is -0.481. The minimum Gasteiger partial charge on any atom is -0.456 e. The lowest BCUT2D eigenvalue weighted by atomic mass is 10.0. The first-order valence-electron chi connectivity index (χ1n) is 24.6. The summed E-state index contributed by atoms with van der Waals surface area (Å²) in [7, 11) is 0. The van der Waals surface area contributed by atoms with Gasteiger partial charge in [0.05, 0.1) is 13.2 Å². The van der Waals surface area contributed by atoms with Crippen molar-refractivity contribution in [3.05, 3.63) is 0 Å². The SMILES string of the molecule is CCCCCCCCCCCCCCCOCC(OC(=O)CCCN1CCC1)C(COCCCCCCCCCCCCCCC)OC(=O)CCCN1CCC1. The minimum absolute atomic E-state index is 0.226. The Morgan fingerprint density at radius 2 is 0.696 bits per heavy atom. The Kier molecular flexibility index (Phi) is 34.6. The molecule has 0 spiro atoms. The van der Waals surface area contributed by atoms with Gasteiger partial charge < -0.3 is 28.7 Å². The zero-order valence-corrected chi connectivity index (χ0v) is 37.2. The third-order valence-electron chi connectivity index (χ3n) is 11.9. The van der Waals surface area contributed by atoms with Crippen LogP contribution >= 0.6 is 0 Å². The molecule has 0 amide bonds. The summed E-state index contributed by atoms with van der Waals surface area (Å²) in [6.07, 6.45) is 37.5. The van der Waals surface area contributed by atoms with Crippen LogP contribution in [0, 0.1) is 0 Å². The van der Waals surface area contributed by atoms with Crippen LogP contribution in [0.3, 0.4) is 0 Å². The molecule has 2 rings (SSSR count). The van der Waals surface area contributed by atoms with Gasteiger partial charge in [0.1, 0.15) is 0 Å². The molecule has 2 unspecified atom stereocenters. The van der Waals surface area contributed by atoms with Gasteiger partial charge in [0.2, 0.25) is 0 Å². The van der Waals surface area contributed by atoms with Gasteiger partial charge in [-0.2, -0.15) is 0 Å². The summed E-state index contributed by atoms with van der Waals surface area (Å²) in [6.45, 7) is 12.6. The largest absolute Gasteiger partial charge is 0.456 e. The van der Waals surface area contributed by atoms with Crippen LogP contribution in [0.5, 0.6) is 0 Å². The minimum atomic E-state index is -0.667. The molecule has 2 atom stereocenters. The van der Waals surface area contributed by atoms with E-state index < -0.39 is 12.2 Å². The molecular formula is C48H92N2O6. The molecule has 0 aliphatic carbocycles. The fourth-order valence-electron chi connectivity index (χ4n) is 7.84. The summed E-state index contributed by atoms with van der Waals surface area (Å²) in [5.41, 5.74) is 0. The Morgan fingerprint density at radius 1 is 0.411 bits per heavy atom. The fraction of sp³-hybridized carbons (Fsp3) is 0.958. The van der Waals surface area contributed by atoms with Crippen molar-refractivity contribution in [1.29, 1.82) is 0 Å². The van der Waals surface area contributed by atoms with E-state index in [4.69, 9.17) is 18.9 Å². The molecule has 0 saturated carbocycles. The van der Waals surface area contributed by atoms with Crippen molar-refractivity contribution in [2.75, 3.05) is 65.7 Å². The van der Waals surface area contributed by atoms with Crippen LogP contribution in [-0.2, 0) is 28.5 Å². The van der Waals surface area contributed by atoms with Gasteiger partial charge in [0, 0.05) is 26.1 Å². The predicted octanol–water partition coefficient (Wildman–Crippen LogP) is 12.0. The molecule has 2 aliphatic heterocycles. The van der Waals surface area contributed by atoms with Gasteiger partial charge in [0.15, 0.2) is 12.2 Å². The molecule has 0 aromatic carbocycles. The van der Waals surface area contributed by atoms with Gasteiger partial charge in [0.25, 0.3) is 0 Å². The predicted molar refractivity (Wildman–Crippen MR) is 233 cm³/mol. The van der Waals surface area contributed by atoms with Gasteiger partial charge in [-0.25, -0.2) is 0 Å². The fourth-order valence-corrected chi connectivity index (χ4v) is 7.84. The first kappa shape index (κ1) is 50.9. The zero-order valence-electron chi connectivity index (χ0n) is 37.2. The molecule has 8 heteroatoms. The number of esters is 2. The van der Waals surface area contributed by atoms with Gasteiger partial charge >= 0.3 is 11.9 Å². The first-order valence-corrected chi connectivity index (χ1v) is 24.6. The Morgan fingerprint density at radius 3 is 0.964 bits per heavy atom. The van der Waals surface area contributed by atoms with E-state index in [1.807, 2.05) is 0 Å². The molecule has 0 N–H and O–H groups in total. The van der Waals surface area contributed by atoms with Crippen molar-refractivity contribution in [3.63, 3.8) is 0 Å². The number of rotatable bonds is 43. The van der Waals surface area contributed by atoms with Crippen molar-refractivity contribution in [2.24, 2.45) is 0 Å². The first-order chi connectivity index (χ1) is 27.6. The highest BCUT2D eigenvalue weighted by Crippen LogP contribution is 2.17. The second kappa shape index (κ2) is 38.0. The number of carbonyl (C=O) groups excluding carboxylic acids is 2. The number of unbranched alkanes of at least 4 members (excludes halogenated alkanes) is 24. The summed E-state index contributed by atoms with van der Waals surface area (Å²) >= 11 is 0. The maximum absolute atomic E-state index is 13.1. The summed E-state index contributed by atoms with van der Waals surface area (Å²) in [6, 6.07) is 0. The monoisotopic (exact) mass is 793 g/mol. The van der Waals surface area contributed by atoms with Crippen LogP contribution in [0.15, 0.2) is 0 Å². The van der Waals surface area contributed by atoms with Crippen LogP contribution in [0.2, 0.25) is 0 Å². The van der Waals surface area contributed by atoms with Crippen molar-refractivity contribution < 1.29 is 28.5 Å². The molecule has 2 aliphatic rings. The number of hydrogen-bond donors (Lipinski definition) is 0. The summed E-state index contributed by atoms with van der Waals surface area (Å²) in [4.78, 5) is 31.0. The molecule has 0 aromatic rings. The van der Waals surface area contributed by atoms with Crippen LogP contribution < -0.4 is 0 Å². The van der Waals surface area contributed by atoms with Gasteiger partial charge in [-0.1, -0.05) is 168 Å². The smallest absolute Gasteiger partial charge is 0.306 e. The molecule has 56 heavy (non-hydrogen) atoms. The van der Waals surface area contributed by atoms with Crippen LogP contribution in [0.1, 0.15) is 219 Å². The summed E-state index contributed by atoms with van der Waals surface area (Å²) < 4.78 is 24.4. The van der Waals surface area contributed by atoms with Gasteiger partial charge in [-0.15, -0.1) is 0 Å². The van der Waals surface area contributed by atoms with E-state index in [1.54, 1.807) is 0 Å². The van der Waals surface area contributed by atoms with E-state index in [2.05, 4.69) is 23.6 Å². The van der Waals surface area contributed by atoms with E-state index in [9.17, 15) is 9.59 Å². The standard InChI is InChI=1S/C48H92N2O6/c1-3-5-7-9-11-13-15-17-19-21-23-25-27-41-53-43-45(55-47(51)33-29-35-49-37-31-38-49)46(56-48(52)34-30-36-50-39-32-40-50)44-54-42-28-26-24-22-20-18-16-14-12-10-8-6-4-2/h45-46H,3-44H2,1-2H3. The van der Waals surface area contributed by atoms with E-state index in [0.717, 1.165) is 77.8 Å². The van der Waals surface area contributed by atoms with Crippen molar-refractivity contribution in [3.8, 4) is 0 Å². The second-order valence-corrected chi connectivity index (χ2v) is 17.3. The van der Waals surface area contributed by atoms with E-state index in [0.29, 0.717) is 26.1 Å². The topological polar surface area (TPSA) is 77.5 Å². The highest BCUT2D eigenvalue weighted by molar-refractivity contribution is 5.70. The number of hydrogen-bond acceptors (Lipinski definition) is 8. The highest BCUT2D eigenvalue weighted by Gasteiger charge is 2.30. The van der Waals surface area contributed by atoms with Crippen molar-refractivity contribution in [1.82, 2.24) is 9.80 Å². The van der Waals surface area contributed by atoms with E-state index in [-0.39, 0.29) is 25.2 Å². The lowest BCUT2D eigenvalue weighted by molar-refractivity contribution is -0.178. The molecular weight excluding hydrogens is 701 g/mol. The zero-order chi connectivity index (χ0) is 40.0. The van der Waals surface area contributed by atoms with Crippen LogP contribution in [0.4, 0.5) is 0 Å². The Labute approximate surface area is 346 Å². The number of likely N-dealkylation sites (tertiary alicyclic amines) is 2. The van der Waals surface area contributed by atoms with Crippen LogP contribution in [0.25, 0.3) is 0 Å². The average molecular weight is 793 g/mol. The molecule has 0 bridgehead atoms. The second-order valence-electron chi connectivity index (χ2n) is 17.3. The Balaban J connectivity index is 1.75. The van der Waals surface area contributed by atoms with E-state index >= 15 is 0 Å². The van der Waals surface area contributed by atoms with Gasteiger partial charge in [-0.3, -0.25) is 9.59 Å². The van der Waals surface area contributed by atoms with Gasteiger partial charge in [-0.05, 0) is 77.8 Å². The number of carbonyl (C=O) groups is 2. The molecule has 2 heterocycles. The lowest BCUT2D eigenvalue weighted by Crippen LogP contribution is -2.42. The highest BCUT2D eigenvalue weighted by atomic mass is 16.6. The normalized spacial score (nSPS) is 15.7. The molecule has 2 saturated heterocycles. The molecule has 0 aromatic heterocycles. The Bertz CT molecular complexity index is 812. The molecule has 330 valence electrons. The van der Waals surface area contributed by atoms with Crippen molar-refractivity contribution >= 4 is 11.9 Å². The quantitative estimate of drug-likeness (QED) is 0.0446. The average Bonchev–Trinajstić information content (AvgIpc) is 3.15. The lowest BCUT2D eigenvalue weighted by Gasteiger charge is -2.31. The molecule has 8 nitrogen and oxygen atoms in total. The molecule has 2 fully saturated rings. The summed E-state index contributed by atoms with van der Waals surface area (Å²) in [5, 5.41) is 0. The molecule has 0 radical (unpaired) electrons. The Hall–Kier alpha value is -1.22. The maximum Gasteiger partial charge on any atom is 0.306 e. The third kappa shape index (κ3) is 29.9.